The fraction of sp³-hybridized carbons (Fsp3) is 1.00. The lowest BCUT2D eigenvalue weighted by atomic mass is 9.92. The largest absolute Gasteiger partial charge is 0.396 e. The highest BCUT2D eigenvalue weighted by Gasteiger charge is 2.36. The van der Waals surface area contributed by atoms with Gasteiger partial charge >= 0.3 is 0 Å². The van der Waals surface area contributed by atoms with E-state index in [0.717, 1.165) is 0 Å². The molecule has 0 radical (unpaired) electrons. The lowest BCUT2D eigenvalue weighted by Gasteiger charge is -2.36. The number of hydrogen-bond donors (Lipinski definition) is 3. The molecule has 14 heavy (non-hydrogen) atoms. The van der Waals surface area contributed by atoms with Crippen LogP contribution in [0.3, 0.4) is 0 Å². The van der Waals surface area contributed by atoms with Crippen molar-refractivity contribution >= 4 is 0 Å². The quantitative estimate of drug-likeness (QED) is 0.499. The molecule has 1 saturated heterocycles. The van der Waals surface area contributed by atoms with E-state index in [1.807, 2.05) is 0 Å². The SMILES string of the molecule is OCCOC1OCC(CO)(CO)CO1. The Bertz CT molecular complexity index is 148. The third-order valence-corrected chi connectivity index (χ3v) is 2.07. The maximum absolute atomic E-state index is 9.00. The summed E-state index contributed by atoms with van der Waals surface area (Å²) in [6.07, 6.45) is 0. The zero-order valence-corrected chi connectivity index (χ0v) is 7.89. The van der Waals surface area contributed by atoms with Gasteiger partial charge in [-0.15, -0.1) is 0 Å². The smallest absolute Gasteiger partial charge is 0.271 e. The maximum atomic E-state index is 9.00. The van der Waals surface area contributed by atoms with Crippen molar-refractivity contribution < 1.29 is 29.5 Å². The molecule has 0 unspecified atom stereocenters. The molecule has 1 aliphatic rings. The summed E-state index contributed by atoms with van der Waals surface area (Å²) in [7, 11) is 0. The van der Waals surface area contributed by atoms with Crippen molar-refractivity contribution in [1.82, 2.24) is 0 Å². The van der Waals surface area contributed by atoms with E-state index in [0.29, 0.717) is 0 Å². The molecule has 6 nitrogen and oxygen atoms in total. The summed E-state index contributed by atoms with van der Waals surface area (Å²) in [4.78, 5) is 0. The van der Waals surface area contributed by atoms with Gasteiger partial charge in [-0.2, -0.15) is 0 Å². The normalized spacial score (nSPS) is 22.5. The zero-order chi connectivity index (χ0) is 10.4. The van der Waals surface area contributed by atoms with Gasteiger partial charge in [-0.05, 0) is 0 Å². The molecule has 0 aliphatic carbocycles. The Labute approximate surface area is 82.0 Å². The van der Waals surface area contributed by atoms with Gasteiger partial charge in [0.25, 0.3) is 6.48 Å². The summed E-state index contributed by atoms with van der Waals surface area (Å²) in [5.41, 5.74) is -0.737. The summed E-state index contributed by atoms with van der Waals surface area (Å²) < 4.78 is 15.2. The van der Waals surface area contributed by atoms with E-state index in [2.05, 4.69) is 0 Å². The number of ether oxygens (including phenoxy) is 3. The van der Waals surface area contributed by atoms with E-state index < -0.39 is 11.9 Å². The summed E-state index contributed by atoms with van der Waals surface area (Å²) in [5.74, 6) is 0. The molecular formula is C8H16O6. The molecule has 0 aromatic heterocycles. The highest BCUT2D eigenvalue weighted by Crippen LogP contribution is 2.23. The van der Waals surface area contributed by atoms with Crippen molar-refractivity contribution in [3.63, 3.8) is 0 Å². The van der Waals surface area contributed by atoms with E-state index in [-0.39, 0.29) is 39.6 Å². The van der Waals surface area contributed by atoms with Crippen LogP contribution in [0.2, 0.25) is 0 Å². The van der Waals surface area contributed by atoms with Crippen LogP contribution >= 0.6 is 0 Å². The first-order valence-corrected chi connectivity index (χ1v) is 4.44. The van der Waals surface area contributed by atoms with Gasteiger partial charge in [0.15, 0.2) is 0 Å². The molecule has 0 atom stereocenters. The maximum Gasteiger partial charge on any atom is 0.271 e. The Morgan fingerprint density at radius 1 is 1.14 bits per heavy atom. The summed E-state index contributed by atoms with van der Waals surface area (Å²) >= 11 is 0. The average molecular weight is 208 g/mol. The molecule has 1 rings (SSSR count). The summed E-state index contributed by atoms with van der Waals surface area (Å²) in [5, 5.41) is 26.5. The van der Waals surface area contributed by atoms with Gasteiger partial charge in [-0.1, -0.05) is 0 Å². The Balaban J connectivity index is 2.29. The van der Waals surface area contributed by atoms with Crippen LogP contribution in [0.25, 0.3) is 0 Å². The number of aliphatic hydroxyl groups excluding tert-OH is 3. The van der Waals surface area contributed by atoms with Crippen molar-refractivity contribution in [1.29, 1.82) is 0 Å². The highest BCUT2D eigenvalue weighted by atomic mass is 16.8. The van der Waals surface area contributed by atoms with Gasteiger partial charge in [-0.3, -0.25) is 0 Å². The predicted octanol–water partition coefficient (Wildman–Crippen LogP) is -1.70. The molecule has 0 saturated carbocycles. The molecule has 6 heteroatoms. The summed E-state index contributed by atoms with van der Waals surface area (Å²) in [6.45, 7) is -0.823. The first kappa shape index (κ1) is 11.8. The van der Waals surface area contributed by atoms with Crippen LogP contribution in [0.15, 0.2) is 0 Å². The van der Waals surface area contributed by atoms with E-state index in [4.69, 9.17) is 29.5 Å². The minimum atomic E-state index is -0.812. The zero-order valence-electron chi connectivity index (χ0n) is 7.89. The van der Waals surface area contributed by atoms with Gasteiger partial charge in [0.05, 0.1) is 45.1 Å². The molecule has 0 spiro atoms. The number of hydrogen-bond acceptors (Lipinski definition) is 6. The Hall–Kier alpha value is -0.240. The third-order valence-electron chi connectivity index (χ3n) is 2.07. The van der Waals surface area contributed by atoms with E-state index in [1.54, 1.807) is 0 Å². The van der Waals surface area contributed by atoms with E-state index in [1.165, 1.54) is 0 Å². The van der Waals surface area contributed by atoms with E-state index >= 15 is 0 Å². The Kier molecular flexibility index (Phi) is 4.73. The van der Waals surface area contributed by atoms with Crippen molar-refractivity contribution in [3.05, 3.63) is 0 Å². The molecule has 0 bridgehead atoms. The van der Waals surface area contributed by atoms with Crippen molar-refractivity contribution in [2.75, 3.05) is 39.6 Å². The first-order valence-electron chi connectivity index (χ1n) is 4.44. The highest BCUT2D eigenvalue weighted by molar-refractivity contribution is 4.79. The van der Waals surface area contributed by atoms with Crippen LogP contribution < -0.4 is 0 Å². The second kappa shape index (κ2) is 5.59. The van der Waals surface area contributed by atoms with Gasteiger partial charge in [0.1, 0.15) is 0 Å². The van der Waals surface area contributed by atoms with Gasteiger partial charge < -0.3 is 29.5 Å². The first-order chi connectivity index (χ1) is 6.76. The van der Waals surface area contributed by atoms with Crippen LogP contribution in [-0.4, -0.2) is 61.4 Å². The van der Waals surface area contributed by atoms with Crippen molar-refractivity contribution in [2.45, 2.75) is 6.48 Å². The van der Waals surface area contributed by atoms with Crippen LogP contribution in [-0.2, 0) is 14.2 Å². The minimum Gasteiger partial charge on any atom is -0.396 e. The molecule has 1 fully saturated rings. The Morgan fingerprint density at radius 3 is 2.14 bits per heavy atom. The predicted molar refractivity (Wildman–Crippen MR) is 45.3 cm³/mol. The third kappa shape index (κ3) is 2.88. The molecule has 1 aliphatic heterocycles. The monoisotopic (exact) mass is 208 g/mol. The molecule has 1 heterocycles. The van der Waals surface area contributed by atoms with Crippen molar-refractivity contribution in [2.24, 2.45) is 5.41 Å². The van der Waals surface area contributed by atoms with Crippen LogP contribution in [0.4, 0.5) is 0 Å². The second-order valence-corrected chi connectivity index (χ2v) is 3.32. The lowest BCUT2D eigenvalue weighted by Crippen LogP contribution is -2.47. The number of aliphatic hydroxyl groups is 3. The number of rotatable bonds is 5. The molecular weight excluding hydrogens is 192 g/mol. The standard InChI is InChI=1S/C8H16O6/c9-1-2-12-7-13-5-8(3-10,4-11)6-14-7/h7,9-11H,1-6H2. The lowest BCUT2D eigenvalue weighted by molar-refractivity contribution is -0.344. The minimum absolute atomic E-state index is 0.103. The topological polar surface area (TPSA) is 88.4 Å². The van der Waals surface area contributed by atoms with Gasteiger partial charge in [0.2, 0.25) is 0 Å². The second-order valence-electron chi connectivity index (χ2n) is 3.32. The van der Waals surface area contributed by atoms with Crippen LogP contribution in [0.5, 0.6) is 0 Å². The molecule has 84 valence electrons. The van der Waals surface area contributed by atoms with Gasteiger partial charge in [0, 0.05) is 0 Å². The molecule has 0 aromatic carbocycles. The Morgan fingerprint density at radius 2 is 1.71 bits per heavy atom. The fourth-order valence-electron chi connectivity index (χ4n) is 1.06. The summed E-state index contributed by atoms with van der Waals surface area (Å²) in [6, 6.07) is 0. The van der Waals surface area contributed by atoms with E-state index in [9.17, 15) is 0 Å². The average Bonchev–Trinajstić information content (AvgIpc) is 2.27. The molecule has 3 N–H and O–H groups in total. The molecule has 0 aromatic rings. The van der Waals surface area contributed by atoms with Gasteiger partial charge in [-0.25, -0.2) is 0 Å². The molecule has 0 amide bonds. The van der Waals surface area contributed by atoms with Crippen molar-refractivity contribution in [3.8, 4) is 0 Å². The van der Waals surface area contributed by atoms with Crippen LogP contribution in [0.1, 0.15) is 0 Å². The van der Waals surface area contributed by atoms with Crippen LogP contribution in [0, 0.1) is 5.41 Å². The fourth-order valence-corrected chi connectivity index (χ4v) is 1.06.